The second kappa shape index (κ2) is 8.79. The predicted octanol–water partition coefficient (Wildman–Crippen LogP) is 2.65. The Bertz CT molecular complexity index is 728. The molecule has 0 heterocycles. The zero-order chi connectivity index (χ0) is 17.7. The Morgan fingerprint density at radius 2 is 1.64 bits per heavy atom. The predicted molar refractivity (Wildman–Crippen MR) is 98.3 cm³/mol. The monoisotopic (exact) mass is 365 g/mol. The third kappa shape index (κ3) is 5.02. The minimum absolute atomic E-state index is 0. The Balaban J connectivity index is 0.00000312. The summed E-state index contributed by atoms with van der Waals surface area (Å²) in [5.41, 5.74) is 7.06. The van der Waals surface area contributed by atoms with E-state index in [0.717, 1.165) is 0 Å². The van der Waals surface area contributed by atoms with Crippen LogP contribution in [0, 0.1) is 5.41 Å². The van der Waals surface area contributed by atoms with Gasteiger partial charge in [0.25, 0.3) is 0 Å². The normalized spacial score (nSPS) is 11.0. The van der Waals surface area contributed by atoms with Crippen molar-refractivity contribution >= 4 is 29.9 Å². The average Bonchev–Trinajstić information content (AvgIpc) is 2.59. The van der Waals surface area contributed by atoms with E-state index in [0.29, 0.717) is 28.3 Å². The SMILES string of the molecule is COc1cc(OC)cc(C(Nc2ccc(C(=N)N)cc2)C(=O)O)c1.Cl. The van der Waals surface area contributed by atoms with E-state index in [9.17, 15) is 9.90 Å². The van der Waals surface area contributed by atoms with Gasteiger partial charge in [-0.25, -0.2) is 4.79 Å². The van der Waals surface area contributed by atoms with Crippen LogP contribution in [0.4, 0.5) is 5.69 Å². The quantitative estimate of drug-likeness (QED) is 0.442. The molecule has 5 N–H and O–H groups in total. The summed E-state index contributed by atoms with van der Waals surface area (Å²) in [6, 6.07) is 10.6. The maximum atomic E-state index is 11.7. The molecule has 0 aliphatic heterocycles. The van der Waals surface area contributed by atoms with Gasteiger partial charge in [-0.1, -0.05) is 0 Å². The number of halogens is 1. The number of nitrogens with one attached hydrogen (secondary N) is 2. The molecule has 2 aromatic rings. The number of carboxylic acid groups (broad SMARTS) is 1. The maximum Gasteiger partial charge on any atom is 0.330 e. The molecule has 25 heavy (non-hydrogen) atoms. The summed E-state index contributed by atoms with van der Waals surface area (Å²) in [5, 5.41) is 19.9. The molecule has 0 saturated heterocycles. The van der Waals surface area contributed by atoms with Crippen molar-refractivity contribution in [1.29, 1.82) is 5.41 Å². The lowest BCUT2D eigenvalue weighted by Crippen LogP contribution is -2.20. The van der Waals surface area contributed by atoms with Gasteiger partial charge >= 0.3 is 5.97 Å². The van der Waals surface area contributed by atoms with E-state index in [1.54, 1.807) is 42.5 Å². The number of nitrogens with two attached hydrogens (primary N) is 1. The first-order valence-electron chi connectivity index (χ1n) is 7.11. The summed E-state index contributed by atoms with van der Waals surface area (Å²) in [5.74, 6) is -0.0801. The number of rotatable bonds is 7. The standard InChI is InChI=1S/C17H19N3O4.ClH/c1-23-13-7-11(8-14(9-13)24-2)15(17(21)22)20-12-5-3-10(4-6-12)16(18)19;/h3-9,15,20H,1-2H3,(H3,18,19)(H,21,22);1H. The number of ether oxygens (including phenoxy) is 2. The Morgan fingerprint density at radius 1 is 1.12 bits per heavy atom. The third-order valence-electron chi connectivity index (χ3n) is 3.46. The molecule has 7 nitrogen and oxygen atoms in total. The molecule has 0 saturated carbocycles. The zero-order valence-corrected chi connectivity index (χ0v) is 14.6. The average molecular weight is 366 g/mol. The van der Waals surface area contributed by atoms with E-state index in [-0.39, 0.29) is 18.2 Å². The molecular weight excluding hydrogens is 346 g/mol. The zero-order valence-electron chi connectivity index (χ0n) is 13.8. The summed E-state index contributed by atoms with van der Waals surface area (Å²) >= 11 is 0. The first kappa shape index (κ1) is 20.1. The van der Waals surface area contributed by atoms with Crippen LogP contribution in [0.5, 0.6) is 11.5 Å². The van der Waals surface area contributed by atoms with Crippen molar-refractivity contribution in [2.75, 3.05) is 19.5 Å². The van der Waals surface area contributed by atoms with E-state index in [1.165, 1.54) is 14.2 Å². The number of hydrogen-bond donors (Lipinski definition) is 4. The van der Waals surface area contributed by atoms with Gasteiger partial charge < -0.3 is 25.6 Å². The molecule has 0 aliphatic carbocycles. The van der Waals surface area contributed by atoms with Crippen molar-refractivity contribution in [3.8, 4) is 11.5 Å². The van der Waals surface area contributed by atoms with Gasteiger partial charge in [-0.3, -0.25) is 5.41 Å². The lowest BCUT2D eigenvalue weighted by molar-refractivity contribution is -0.138. The molecule has 0 aromatic heterocycles. The first-order valence-corrected chi connectivity index (χ1v) is 7.11. The van der Waals surface area contributed by atoms with Crippen molar-refractivity contribution in [3.63, 3.8) is 0 Å². The number of nitrogen functional groups attached to an aromatic ring is 1. The fourth-order valence-corrected chi connectivity index (χ4v) is 2.20. The van der Waals surface area contributed by atoms with Crippen LogP contribution < -0.4 is 20.5 Å². The van der Waals surface area contributed by atoms with Crippen molar-refractivity contribution < 1.29 is 19.4 Å². The smallest absolute Gasteiger partial charge is 0.330 e. The highest BCUT2D eigenvalue weighted by molar-refractivity contribution is 5.95. The van der Waals surface area contributed by atoms with Crippen LogP contribution in [-0.2, 0) is 4.79 Å². The van der Waals surface area contributed by atoms with Gasteiger partial charge in [0.1, 0.15) is 17.3 Å². The Kier molecular flexibility index (Phi) is 7.07. The second-order valence-electron chi connectivity index (χ2n) is 5.05. The lowest BCUT2D eigenvalue weighted by Gasteiger charge is -2.18. The van der Waals surface area contributed by atoms with E-state index < -0.39 is 12.0 Å². The van der Waals surface area contributed by atoms with Gasteiger partial charge in [-0.05, 0) is 42.0 Å². The number of carbonyl (C=O) groups is 1. The minimum Gasteiger partial charge on any atom is -0.497 e. The minimum atomic E-state index is -1.04. The van der Waals surface area contributed by atoms with Crippen LogP contribution in [-0.4, -0.2) is 31.1 Å². The van der Waals surface area contributed by atoms with Gasteiger partial charge in [0, 0.05) is 17.3 Å². The molecule has 134 valence electrons. The van der Waals surface area contributed by atoms with Gasteiger partial charge in [-0.2, -0.15) is 0 Å². The fourth-order valence-electron chi connectivity index (χ4n) is 2.20. The molecule has 0 amide bonds. The molecule has 2 rings (SSSR count). The van der Waals surface area contributed by atoms with Crippen LogP contribution in [0.25, 0.3) is 0 Å². The van der Waals surface area contributed by atoms with Gasteiger partial charge in [-0.15, -0.1) is 12.4 Å². The lowest BCUT2D eigenvalue weighted by atomic mass is 10.1. The van der Waals surface area contributed by atoms with Crippen LogP contribution in [0.3, 0.4) is 0 Å². The Morgan fingerprint density at radius 3 is 2.04 bits per heavy atom. The third-order valence-corrected chi connectivity index (χ3v) is 3.46. The summed E-state index contributed by atoms with van der Waals surface area (Å²) in [6.07, 6.45) is 0. The maximum absolute atomic E-state index is 11.7. The fraction of sp³-hybridized carbons (Fsp3) is 0.176. The summed E-state index contributed by atoms with van der Waals surface area (Å²) in [6.45, 7) is 0. The number of hydrogen-bond acceptors (Lipinski definition) is 5. The van der Waals surface area contributed by atoms with Crippen LogP contribution in [0.15, 0.2) is 42.5 Å². The molecule has 0 aliphatic rings. The van der Waals surface area contributed by atoms with Gasteiger partial charge in [0.2, 0.25) is 0 Å². The Labute approximate surface area is 151 Å². The molecule has 0 radical (unpaired) electrons. The van der Waals surface area contributed by atoms with E-state index in [2.05, 4.69) is 5.32 Å². The molecule has 1 atom stereocenters. The second-order valence-corrected chi connectivity index (χ2v) is 5.05. The number of aliphatic carboxylic acids is 1. The first-order chi connectivity index (χ1) is 11.4. The van der Waals surface area contributed by atoms with Crippen molar-refractivity contribution in [2.24, 2.45) is 5.73 Å². The van der Waals surface area contributed by atoms with Gasteiger partial charge in [0.05, 0.1) is 14.2 Å². The largest absolute Gasteiger partial charge is 0.497 e. The number of carboxylic acids is 1. The van der Waals surface area contributed by atoms with E-state index >= 15 is 0 Å². The molecule has 0 bridgehead atoms. The summed E-state index contributed by atoms with van der Waals surface area (Å²) < 4.78 is 10.4. The molecular formula is C17H20ClN3O4. The number of methoxy groups -OCH3 is 2. The van der Waals surface area contributed by atoms with Crippen LogP contribution in [0.1, 0.15) is 17.2 Å². The van der Waals surface area contributed by atoms with Crippen molar-refractivity contribution in [1.82, 2.24) is 0 Å². The highest BCUT2D eigenvalue weighted by Crippen LogP contribution is 2.28. The van der Waals surface area contributed by atoms with Gasteiger partial charge in [0.15, 0.2) is 6.04 Å². The van der Waals surface area contributed by atoms with E-state index in [1.807, 2.05) is 0 Å². The summed E-state index contributed by atoms with van der Waals surface area (Å²) in [4.78, 5) is 11.7. The molecule has 8 heteroatoms. The van der Waals surface area contributed by atoms with Crippen LogP contribution in [0.2, 0.25) is 0 Å². The summed E-state index contributed by atoms with van der Waals surface area (Å²) in [7, 11) is 3.00. The number of amidine groups is 1. The number of anilines is 1. The van der Waals surface area contributed by atoms with E-state index in [4.69, 9.17) is 20.6 Å². The Hall–Kier alpha value is -2.93. The highest BCUT2D eigenvalue weighted by atomic mass is 35.5. The van der Waals surface area contributed by atoms with Crippen molar-refractivity contribution in [2.45, 2.75) is 6.04 Å². The molecule has 0 fully saturated rings. The molecule has 1 unspecified atom stereocenters. The highest BCUT2D eigenvalue weighted by Gasteiger charge is 2.21. The van der Waals surface area contributed by atoms with Crippen LogP contribution >= 0.6 is 12.4 Å². The molecule has 0 spiro atoms. The number of benzene rings is 2. The topological polar surface area (TPSA) is 118 Å². The molecule has 2 aromatic carbocycles. The van der Waals surface area contributed by atoms with Crippen molar-refractivity contribution in [3.05, 3.63) is 53.6 Å².